The smallest absolute Gasteiger partial charge is 0.304 e. The minimum Gasteiger partial charge on any atom is -0.493 e. The van der Waals surface area contributed by atoms with Crippen LogP contribution in [0.15, 0.2) is 18.2 Å². The Morgan fingerprint density at radius 3 is 2.82 bits per heavy atom. The van der Waals surface area contributed by atoms with E-state index in [2.05, 4.69) is 5.32 Å². The second-order valence-electron chi connectivity index (χ2n) is 6.38. The van der Waals surface area contributed by atoms with E-state index in [0.717, 1.165) is 31.5 Å². The molecule has 0 saturated carbocycles. The van der Waals surface area contributed by atoms with Gasteiger partial charge in [-0.25, -0.2) is 0 Å². The molecule has 0 amide bonds. The van der Waals surface area contributed by atoms with E-state index in [4.69, 9.17) is 14.6 Å². The molecule has 122 valence electrons. The Hall–Kier alpha value is -1.75. The summed E-state index contributed by atoms with van der Waals surface area (Å²) in [4.78, 5) is 11.1. The number of methoxy groups -OCH3 is 1. The highest BCUT2D eigenvalue weighted by Crippen LogP contribution is 2.40. The molecule has 0 aromatic heterocycles. The van der Waals surface area contributed by atoms with Gasteiger partial charge in [-0.1, -0.05) is 26.0 Å². The van der Waals surface area contributed by atoms with Crippen LogP contribution in [0.4, 0.5) is 0 Å². The molecular weight excluding hydrogens is 282 g/mol. The van der Waals surface area contributed by atoms with Crippen molar-refractivity contribution in [2.24, 2.45) is 0 Å². The van der Waals surface area contributed by atoms with Gasteiger partial charge in [-0.15, -0.1) is 0 Å². The van der Waals surface area contributed by atoms with E-state index < -0.39 is 11.4 Å². The molecule has 0 bridgehead atoms. The third-order valence-corrected chi connectivity index (χ3v) is 4.05. The summed E-state index contributed by atoms with van der Waals surface area (Å²) in [6, 6.07) is 5.69. The van der Waals surface area contributed by atoms with E-state index in [1.165, 1.54) is 0 Å². The van der Waals surface area contributed by atoms with Gasteiger partial charge in [-0.2, -0.15) is 0 Å². The number of hydrogen-bond donors (Lipinski definition) is 2. The Kier molecular flexibility index (Phi) is 5.29. The summed E-state index contributed by atoms with van der Waals surface area (Å²) in [7, 11) is 1.60. The molecule has 1 aromatic carbocycles. The summed E-state index contributed by atoms with van der Waals surface area (Å²) >= 11 is 0. The molecule has 1 saturated heterocycles. The molecule has 1 aliphatic heterocycles. The van der Waals surface area contributed by atoms with Crippen LogP contribution < -0.4 is 14.8 Å². The molecule has 1 heterocycles. The van der Waals surface area contributed by atoms with Crippen molar-refractivity contribution >= 4 is 5.97 Å². The second-order valence-corrected chi connectivity index (χ2v) is 6.38. The zero-order valence-electron chi connectivity index (χ0n) is 13.5. The van der Waals surface area contributed by atoms with Gasteiger partial charge in [-0.3, -0.25) is 4.79 Å². The average Bonchev–Trinajstić information content (AvgIpc) is 2.47. The van der Waals surface area contributed by atoms with Gasteiger partial charge in [0.1, 0.15) is 6.10 Å². The lowest BCUT2D eigenvalue weighted by molar-refractivity contribution is -0.138. The lowest BCUT2D eigenvalue weighted by atomic mass is 9.81. The zero-order chi connectivity index (χ0) is 16.2. The van der Waals surface area contributed by atoms with Crippen molar-refractivity contribution in [3.05, 3.63) is 23.8 Å². The molecule has 0 spiro atoms. The van der Waals surface area contributed by atoms with Crippen molar-refractivity contribution < 1.29 is 19.4 Å². The van der Waals surface area contributed by atoms with Crippen LogP contribution in [0.25, 0.3) is 0 Å². The number of ether oxygens (including phenoxy) is 2. The molecule has 1 atom stereocenters. The fourth-order valence-electron chi connectivity index (χ4n) is 2.93. The van der Waals surface area contributed by atoms with Crippen LogP contribution in [0.3, 0.4) is 0 Å². The van der Waals surface area contributed by atoms with Crippen LogP contribution in [-0.2, 0) is 10.2 Å². The average molecular weight is 307 g/mol. The van der Waals surface area contributed by atoms with Crippen molar-refractivity contribution in [1.82, 2.24) is 5.32 Å². The van der Waals surface area contributed by atoms with Gasteiger partial charge in [0, 0.05) is 17.5 Å². The first kappa shape index (κ1) is 16.6. The Morgan fingerprint density at radius 1 is 1.45 bits per heavy atom. The van der Waals surface area contributed by atoms with Crippen molar-refractivity contribution in [1.29, 1.82) is 0 Å². The Balaban J connectivity index is 2.28. The molecule has 2 N–H and O–H groups in total. The van der Waals surface area contributed by atoms with Crippen LogP contribution >= 0.6 is 0 Å². The predicted molar refractivity (Wildman–Crippen MR) is 84.8 cm³/mol. The second kappa shape index (κ2) is 7.01. The number of aliphatic carboxylic acids is 1. The lowest BCUT2D eigenvalue weighted by Gasteiger charge is -2.29. The number of rotatable bonds is 6. The van der Waals surface area contributed by atoms with E-state index in [1.807, 2.05) is 32.0 Å². The van der Waals surface area contributed by atoms with Crippen LogP contribution in [0.5, 0.6) is 11.5 Å². The van der Waals surface area contributed by atoms with E-state index in [-0.39, 0.29) is 12.5 Å². The maximum absolute atomic E-state index is 11.1. The third kappa shape index (κ3) is 3.91. The van der Waals surface area contributed by atoms with E-state index in [1.54, 1.807) is 7.11 Å². The quantitative estimate of drug-likeness (QED) is 0.845. The first-order valence-corrected chi connectivity index (χ1v) is 7.70. The highest BCUT2D eigenvalue weighted by Gasteiger charge is 2.29. The first-order valence-electron chi connectivity index (χ1n) is 7.70. The Bertz CT molecular complexity index is 521. The molecular formula is C17H25NO4. The van der Waals surface area contributed by atoms with Gasteiger partial charge in [0.2, 0.25) is 0 Å². The number of carbonyl (C=O) groups is 1. The number of benzene rings is 1. The lowest BCUT2D eigenvalue weighted by Crippen LogP contribution is -2.37. The normalized spacial score (nSPS) is 18.8. The van der Waals surface area contributed by atoms with Crippen molar-refractivity contribution in [2.75, 3.05) is 20.2 Å². The molecule has 5 nitrogen and oxygen atoms in total. The first-order chi connectivity index (χ1) is 10.4. The van der Waals surface area contributed by atoms with Crippen LogP contribution in [0.1, 0.15) is 38.7 Å². The molecule has 1 unspecified atom stereocenters. The summed E-state index contributed by atoms with van der Waals surface area (Å²) in [6.07, 6.45) is 2.27. The van der Waals surface area contributed by atoms with Gasteiger partial charge < -0.3 is 19.9 Å². The van der Waals surface area contributed by atoms with Crippen molar-refractivity contribution in [3.8, 4) is 11.5 Å². The summed E-state index contributed by atoms with van der Waals surface area (Å²) in [5, 5.41) is 12.4. The monoisotopic (exact) mass is 307 g/mol. The van der Waals surface area contributed by atoms with Crippen LogP contribution in [-0.4, -0.2) is 37.4 Å². The maximum Gasteiger partial charge on any atom is 0.304 e. The summed E-state index contributed by atoms with van der Waals surface area (Å²) < 4.78 is 11.6. The highest BCUT2D eigenvalue weighted by molar-refractivity contribution is 5.69. The molecule has 1 fully saturated rings. The fourth-order valence-corrected chi connectivity index (χ4v) is 2.93. The molecule has 0 radical (unpaired) electrons. The molecule has 1 aliphatic rings. The topological polar surface area (TPSA) is 67.8 Å². The number of nitrogens with one attached hydrogen (secondary N) is 1. The third-order valence-electron chi connectivity index (χ3n) is 4.05. The van der Waals surface area contributed by atoms with Gasteiger partial charge in [0.15, 0.2) is 11.5 Å². The van der Waals surface area contributed by atoms with E-state index >= 15 is 0 Å². The molecule has 5 heteroatoms. The Labute approximate surface area is 131 Å². The summed E-state index contributed by atoms with van der Waals surface area (Å²) in [6.45, 7) is 5.67. The van der Waals surface area contributed by atoms with Gasteiger partial charge in [0.05, 0.1) is 13.5 Å². The predicted octanol–water partition coefficient (Wildman–Crippen LogP) is 2.58. The number of para-hydroxylation sites is 1. The minimum absolute atomic E-state index is 0.0395. The van der Waals surface area contributed by atoms with Crippen molar-refractivity contribution in [2.45, 2.75) is 44.6 Å². The number of hydrogen-bond acceptors (Lipinski definition) is 4. The number of piperidine rings is 1. The van der Waals surface area contributed by atoms with Gasteiger partial charge in [-0.05, 0) is 25.5 Å². The van der Waals surface area contributed by atoms with Gasteiger partial charge in [0.25, 0.3) is 0 Å². The van der Waals surface area contributed by atoms with E-state index in [0.29, 0.717) is 11.5 Å². The molecule has 0 aliphatic carbocycles. The van der Waals surface area contributed by atoms with Crippen LogP contribution in [0.2, 0.25) is 0 Å². The van der Waals surface area contributed by atoms with Crippen molar-refractivity contribution in [3.63, 3.8) is 0 Å². The largest absolute Gasteiger partial charge is 0.493 e. The van der Waals surface area contributed by atoms with Gasteiger partial charge >= 0.3 is 5.97 Å². The maximum atomic E-state index is 11.1. The molecule has 22 heavy (non-hydrogen) atoms. The molecule has 2 rings (SSSR count). The highest BCUT2D eigenvalue weighted by atomic mass is 16.5. The Morgan fingerprint density at radius 2 is 2.23 bits per heavy atom. The zero-order valence-corrected chi connectivity index (χ0v) is 13.5. The summed E-state index contributed by atoms with van der Waals surface area (Å²) in [5.74, 6) is 0.501. The fraction of sp³-hybridized carbons (Fsp3) is 0.588. The minimum atomic E-state index is -0.824. The van der Waals surface area contributed by atoms with E-state index in [9.17, 15) is 4.79 Å². The number of carboxylic acid groups (broad SMARTS) is 1. The number of carboxylic acids is 1. The standard InChI is InChI=1S/C17H25NO4/c1-17(2,10-15(19)20)13-7-4-8-14(16(13)21-3)22-12-6-5-9-18-11-12/h4,7-8,12,18H,5-6,9-11H2,1-3H3,(H,19,20). The molecule has 1 aromatic rings. The SMILES string of the molecule is COc1c(OC2CCCNC2)cccc1C(C)(C)CC(=O)O. The van der Waals surface area contributed by atoms with Crippen LogP contribution in [0, 0.1) is 0 Å². The summed E-state index contributed by atoms with van der Waals surface area (Å²) in [5.41, 5.74) is 0.333.